The molecule has 2 aliphatic carbocycles. The molecule has 0 aromatic rings. The van der Waals surface area contributed by atoms with Gasteiger partial charge in [0.15, 0.2) is 5.96 Å². The van der Waals surface area contributed by atoms with Crippen LogP contribution in [0.25, 0.3) is 0 Å². The quantitative estimate of drug-likeness (QED) is 0.483. The standard InChI is InChI=1S/C9H17N3/c1-9(6-2-3-6,7-4-5-7)12-8(10)11/h6-7H,2-5H2,1H3,(H4,10,11,12). The maximum atomic E-state index is 5.44. The largest absolute Gasteiger partial charge is 0.370 e. The molecule has 0 atom stereocenters. The van der Waals surface area contributed by atoms with E-state index < -0.39 is 0 Å². The van der Waals surface area contributed by atoms with E-state index in [1.165, 1.54) is 25.7 Å². The van der Waals surface area contributed by atoms with E-state index in [-0.39, 0.29) is 11.5 Å². The zero-order chi connectivity index (χ0) is 8.77. The third-order valence-electron chi connectivity index (χ3n) is 3.18. The van der Waals surface area contributed by atoms with Crippen molar-refractivity contribution in [2.24, 2.45) is 28.3 Å². The van der Waals surface area contributed by atoms with Crippen LogP contribution in [-0.2, 0) is 0 Å². The van der Waals surface area contributed by atoms with Crippen LogP contribution in [-0.4, -0.2) is 11.5 Å². The Hall–Kier alpha value is -0.730. The molecule has 12 heavy (non-hydrogen) atoms. The Labute approximate surface area is 73.2 Å². The monoisotopic (exact) mass is 167 g/mol. The second-order valence-corrected chi connectivity index (χ2v) is 4.31. The lowest BCUT2D eigenvalue weighted by atomic mass is 9.91. The minimum atomic E-state index is 0.0822. The van der Waals surface area contributed by atoms with Crippen LogP contribution in [0.3, 0.4) is 0 Å². The average Bonchev–Trinajstić information content (AvgIpc) is 2.82. The van der Waals surface area contributed by atoms with Crippen LogP contribution >= 0.6 is 0 Å². The topological polar surface area (TPSA) is 64.4 Å². The van der Waals surface area contributed by atoms with Gasteiger partial charge in [0.2, 0.25) is 0 Å². The van der Waals surface area contributed by atoms with Crippen molar-refractivity contribution in [2.75, 3.05) is 0 Å². The molecule has 0 saturated heterocycles. The summed E-state index contributed by atoms with van der Waals surface area (Å²) >= 11 is 0. The number of nitrogens with zero attached hydrogens (tertiary/aromatic N) is 1. The first-order chi connectivity index (χ1) is 5.63. The van der Waals surface area contributed by atoms with E-state index in [2.05, 4.69) is 11.9 Å². The highest BCUT2D eigenvalue weighted by atomic mass is 15.0. The van der Waals surface area contributed by atoms with E-state index in [9.17, 15) is 0 Å². The van der Waals surface area contributed by atoms with Crippen LogP contribution in [0, 0.1) is 11.8 Å². The number of rotatable bonds is 3. The van der Waals surface area contributed by atoms with Crippen molar-refractivity contribution < 1.29 is 0 Å². The second kappa shape index (κ2) is 2.38. The van der Waals surface area contributed by atoms with E-state index in [4.69, 9.17) is 11.5 Å². The molecule has 0 spiro atoms. The smallest absolute Gasteiger partial charge is 0.186 e. The van der Waals surface area contributed by atoms with E-state index in [0.717, 1.165) is 11.8 Å². The number of guanidine groups is 1. The summed E-state index contributed by atoms with van der Waals surface area (Å²) in [6.07, 6.45) is 5.24. The molecule has 2 fully saturated rings. The summed E-state index contributed by atoms with van der Waals surface area (Å²) in [6.45, 7) is 2.21. The molecule has 0 heterocycles. The van der Waals surface area contributed by atoms with Gasteiger partial charge in [-0.1, -0.05) is 0 Å². The van der Waals surface area contributed by atoms with Gasteiger partial charge in [-0.25, -0.2) is 4.99 Å². The maximum Gasteiger partial charge on any atom is 0.186 e. The molecule has 0 aromatic heterocycles. The molecule has 4 N–H and O–H groups in total. The zero-order valence-electron chi connectivity index (χ0n) is 7.59. The van der Waals surface area contributed by atoms with Crippen molar-refractivity contribution in [1.29, 1.82) is 0 Å². The molecule has 3 nitrogen and oxygen atoms in total. The zero-order valence-corrected chi connectivity index (χ0v) is 7.59. The van der Waals surface area contributed by atoms with Crippen molar-refractivity contribution in [3.05, 3.63) is 0 Å². The van der Waals surface area contributed by atoms with Crippen molar-refractivity contribution in [3.63, 3.8) is 0 Å². The molecule has 0 radical (unpaired) electrons. The molecule has 2 aliphatic rings. The Morgan fingerprint density at radius 3 is 1.83 bits per heavy atom. The lowest BCUT2D eigenvalue weighted by Gasteiger charge is -2.24. The van der Waals surface area contributed by atoms with Gasteiger partial charge in [0.1, 0.15) is 0 Å². The Balaban J connectivity index is 2.14. The minimum absolute atomic E-state index is 0.0822. The summed E-state index contributed by atoms with van der Waals surface area (Å²) in [5, 5.41) is 0. The summed E-state index contributed by atoms with van der Waals surface area (Å²) in [5.41, 5.74) is 11.0. The predicted octanol–water partition coefficient (Wildman–Crippen LogP) is 0.838. The lowest BCUT2D eigenvalue weighted by Crippen LogP contribution is -2.34. The third-order valence-corrected chi connectivity index (χ3v) is 3.18. The first-order valence-electron chi connectivity index (χ1n) is 4.73. The molecule has 2 saturated carbocycles. The van der Waals surface area contributed by atoms with Crippen molar-refractivity contribution in [2.45, 2.75) is 38.1 Å². The first kappa shape index (κ1) is 7.90. The molecular formula is C9H17N3. The van der Waals surface area contributed by atoms with Gasteiger partial charge in [0.05, 0.1) is 5.54 Å². The fraction of sp³-hybridized carbons (Fsp3) is 0.889. The SMILES string of the molecule is CC(N=C(N)N)(C1CC1)C1CC1. The highest BCUT2D eigenvalue weighted by Crippen LogP contribution is 2.53. The van der Waals surface area contributed by atoms with Gasteiger partial charge < -0.3 is 11.5 Å². The fourth-order valence-electron chi connectivity index (χ4n) is 2.13. The van der Waals surface area contributed by atoms with Crippen LogP contribution in [0.15, 0.2) is 4.99 Å². The summed E-state index contributed by atoms with van der Waals surface area (Å²) in [7, 11) is 0. The molecule has 0 unspecified atom stereocenters. The second-order valence-electron chi connectivity index (χ2n) is 4.31. The Bertz CT molecular complexity index is 198. The van der Waals surface area contributed by atoms with Gasteiger partial charge in [-0.2, -0.15) is 0 Å². The molecule has 0 bridgehead atoms. The summed E-state index contributed by atoms with van der Waals surface area (Å²) in [4.78, 5) is 4.41. The van der Waals surface area contributed by atoms with Gasteiger partial charge in [-0.15, -0.1) is 0 Å². The number of nitrogens with two attached hydrogens (primary N) is 2. The Morgan fingerprint density at radius 1 is 1.17 bits per heavy atom. The van der Waals surface area contributed by atoms with Gasteiger partial charge in [0, 0.05) is 0 Å². The van der Waals surface area contributed by atoms with Crippen molar-refractivity contribution in [1.82, 2.24) is 0 Å². The van der Waals surface area contributed by atoms with E-state index >= 15 is 0 Å². The molecule has 3 heteroatoms. The third kappa shape index (κ3) is 1.28. The van der Waals surface area contributed by atoms with Gasteiger partial charge in [-0.05, 0) is 44.4 Å². The number of hydrogen-bond acceptors (Lipinski definition) is 1. The maximum absolute atomic E-state index is 5.44. The Kier molecular flexibility index (Phi) is 1.56. The fourth-order valence-corrected chi connectivity index (χ4v) is 2.13. The molecule has 0 aliphatic heterocycles. The average molecular weight is 167 g/mol. The molecular weight excluding hydrogens is 150 g/mol. The summed E-state index contributed by atoms with van der Waals surface area (Å²) in [6, 6.07) is 0. The van der Waals surface area contributed by atoms with Gasteiger partial charge in [0.25, 0.3) is 0 Å². The minimum Gasteiger partial charge on any atom is -0.370 e. The molecule has 68 valence electrons. The van der Waals surface area contributed by atoms with Gasteiger partial charge in [-0.3, -0.25) is 0 Å². The van der Waals surface area contributed by atoms with E-state index in [0.29, 0.717) is 0 Å². The van der Waals surface area contributed by atoms with E-state index in [1.54, 1.807) is 0 Å². The van der Waals surface area contributed by atoms with E-state index in [1.807, 2.05) is 0 Å². The molecule has 0 aromatic carbocycles. The molecule has 0 amide bonds. The Morgan fingerprint density at radius 2 is 1.58 bits per heavy atom. The van der Waals surface area contributed by atoms with Crippen LogP contribution in [0.4, 0.5) is 0 Å². The first-order valence-corrected chi connectivity index (χ1v) is 4.73. The van der Waals surface area contributed by atoms with Crippen molar-refractivity contribution in [3.8, 4) is 0 Å². The van der Waals surface area contributed by atoms with Crippen LogP contribution in [0.2, 0.25) is 0 Å². The van der Waals surface area contributed by atoms with Crippen LogP contribution in [0.1, 0.15) is 32.6 Å². The lowest BCUT2D eigenvalue weighted by molar-refractivity contribution is 0.359. The van der Waals surface area contributed by atoms with Crippen molar-refractivity contribution >= 4 is 5.96 Å². The highest BCUT2D eigenvalue weighted by Gasteiger charge is 2.51. The summed E-state index contributed by atoms with van der Waals surface area (Å²) < 4.78 is 0. The number of aliphatic imine (C=N–C) groups is 1. The van der Waals surface area contributed by atoms with Crippen LogP contribution < -0.4 is 11.5 Å². The number of hydrogen-bond donors (Lipinski definition) is 2. The summed E-state index contributed by atoms with van der Waals surface area (Å²) in [5.74, 6) is 1.77. The van der Waals surface area contributed by atoms with Crippen LogP contribution in [0.5, 0.6) is 0 Å². The normalized spacial score (nSPS) is 23.8. The highest BCUT2D eigenvalue weighted by molar-refractivity contribution is 5.76. The predicted molar refractivity (Wildman–Crippen MR) is 49.7 cm³/mol. The molecule has 2 rings (SSSR count). The van der Waals surface area contributed by atoms with Gasteiger partial charge >= 0.3 is 0 Å².